The maximum atomic E-state index is 11.9. The second-order valence-electron chi connectivity index (χ2n) is 6.05. The molecule has 0 saturated carbocycles. The highest BCUT2D eigenvalue weighted by Crippen LogP contribution is 2.10. The van der Waals surface area contributed by atoms with Gasteiger partial charge in [0.15, 0.2) is 0 Å². The monoisotopic (exact) mass is 317 g/mol. The predicted octanol–water partition coefficient (Wildman–Crippen LogP) is 3.55. The summed E-state index contributed by atoms with van der Waals surface area (Å²) in [4.78, 5) is 23.7. The molecular formula is C18H27N3O2. The molecule has 1 aromatic carbocycles. The number of nitrogens with one attached hydrogen (secondary N) is 3. The molecule has 0 aliphatic heterocycles. The van der Waals surface area contributed by atoms with Crippen LogP contribution >= 0.6 is 0 Å². The lowest BCUT2D eigenvalue weighted by Gasteiger charge is -2.15. The molecule has 5 nitrogen and oxygen atoms in total. The fourth-order valence-corrected chi connectivity index (χ4v) is 2.02. The standard InChI is InChI=1S/C18H27N3O2/c1-5-12-19-17(22)15-8-10-16(11-9-15)21-18(23)20-14(4)7-6-13(2)3/h5,8-11,13-14H,1,6-7,12H2,2-4H3,(H,19,22)(H2,20,21,23). The molecule has 23 heavy (non-hydrogen) atoms. The van der Waals surface area contributed by atoms with Crippen LogP contribution in [0.15, 0.2) is 36.9 Å². The highest BCUT2D eigenvalue weighted by molar-refractivity contribution is 5.95. The number of anilines is 1. The Morgan fingerprint density at radius 1 is 1.13 bits per heavy atom. The Morgan fingerprint density at radius 3 is 2.35 bits per heavy atom. The second-order valence-corrected chi connectivity index (χ2v) is 6.05. The number of amides is 3. The molecular weight excluding hydrogens is 290 g/mol. The molecule has 0 fully saturated rings. The molecule has 0 saturated heterocycles. The quantitative estimate of drug-likeness (QED) is 0.642. The minimum atomic E-state index is -0.231. The van der Waals surface area contributed by atoms with E-state index in [1.807, 2.05) is 6.92 Å². The van der Waals surface area contributed by atoms with E-state index in [4.69, 9.17) is 0 Å². The van der Waals surface area contributed by atoms with Gasteiger partial charge in [0.1, 0.15) is 0 Å². The van der Waals surface area contributed by atoms with E-state index in [0.717, 1.165) is 12.8 Å². The summed E-state index contributed by atoms with van der Waals surface area (Å²) < 4.78 is 0. The van der Waals surface area contributed by atoms with Crippen molar-refractivity contribution in [3.8, 4) is 0 Å². The molecule has 0 spiro atoms. The van der Waals surface area contributed by atoms with Gasteiger partial charge in [0.05, 0.1) is 0 Å². The first-order valence-corrected chi connectivity index (χ1v) is 7.99. The zero-order valence-electron chi connectivity index (χ0n) is 14.2. The smallest absolute Gasteiger partial charge is 0.319 e. The Labute approximate surface area is 138 Å². The number of carbonyl (C=O) groups excluding carboxylic acids is 2. The predicted molar refractivity (Wildman–Crippen MR) is 94.7 cm³/mol. The van der Waals surface area contributed by atoms with Gasteiger partial charge in [-0.3, -0.25) is 4.79 Å². The summed E-state index contributed by atoms with van der Waals surface area (Å²) in [5, 5.41) is 8.38. The first kappa shape index (κ1) is 18.7. The van der Waals surface area contributed by atoms with Crippen molar-refractivity contribution < 1.29 is 9.59 Å². The van der Waals surface area contributed by atoms with Crippen LogP contribution in [0.4, 0.5) is 10.5 Å². The van der Waals surface area contributed by atoms with Gasteiger partial charge in [0.25, 0.3) is 5.91 Å². The van der Waals surface area contributed by atoms with Crippen molar-refractivity contribution in [2.75, 3.05) is 11.9 Å². The van der Waals surface area contributed by atoms with Gasteiger partial charge in [0.2, 0.25) is 0 Å². The molecule has 1 rings (SSSR count). The van der Waals surface area contributed by atoms with E-state index in [-0.39, 0.29) is 18.0 Å². The Balaban J connectivity index is 2.46. The average Bonchev–Trinajstić information content (AvgIpc) is 2.51. The third-order valence-electron chi connectivity index (χ3n) is 3.37. The molecule has 3 N–H and O–H groups in total. The molecule has 1 unspecified atom stereocenters. The van der Waals surface area contributed by atoms with Crippen LogP contribution in [0, 0.1) is 5.92 Å². The molecule has 0 heterocycles. The van der Waals surface area contributed by atoms with Crippen LogP contribution in [0.25, 0.3) is 0 Å². The molecule has 0 bridgehead atoms. The molecule has 5 heteroatoms. The molecule has 3 amide bonds. The second kappa shape index (κ2) is 9.66. The maximum Gasteiger partial charge on any atom is 0.319 e. The molecule has 0 aromatic heterocycles. The first-order chi connectivity index (χ1) is 10.9. The summed E-state index contributed by atoms with van der Waals surface area (Å²) in [6, 6.07) is 6.67. The van der Waals surface area contributed by atoms with Gasteiger partial charge in [-0.05, 0) is 49.9 Å². The molecule has 1 aromatic rings. The van der Waals surface area contributed by atoms with Gasteiger partial charge in [-0.15, -0.1) is 6.58 Å². The summed E-state index contributed by atoms with van der Waals surface area (Å²) >= 11 is 0. The van der Waals surface area contributed by atoms with Crippen LogP contribution in [0.1, 0.15) is 44.0 Å². The van der Waals surface area contributed by atoms with E-state index >= 15 is 0 Å². The number of hydrogen-bond acceptors (Lipinski definition) is 2. The molecule has 0 radical (unpaired) electrons. The van der Waals surface area contributed by atoms with Crippen LogP contribution in [-0.2, 0) is 0 Å². The largest absolute Gasteiger partial charge is 0.349 e. The van der Waals surface area contributed by atoms with Crippen molar-refractivity contribution >= 4 is 17.6 Å². The summed E-state index contributed by atoms with van der Waals surface area (Å²) in [5.41, 5.74) is 1.20. The van der Waals surface area contributed by atoms with Crippen molar-refractivity contribution in [3.63, 3.8) is 0 Å². The van der Waals surface area contributed by atoms with Gasteiger partial charge in [-0.25, -0.2) is 4.79 Å². The number of carbonyl (C=O) groups is 2. The van der Waals surface area contributed by atoms with Crippen LogP contribution in [0.3, 0.4) is 0 Å². The van der Waals surface area contributed by atoms with E-state index in [9.17, 15) is 9.59 Å². The fraction of sp³-hybridized carbons (Fsp3) is 0.444. The van der Waals surface area contributed by atoms with Crippen LogP contribution < -0.4 is 16.0 Å². The Kier molecular flexibility index (Phi) is 7.88. The van der Waals surface area contributed by atoms with Crippen LogP contribution in [-0.4, -0.2) is 24.5 Å². The Bertz CT molecular complexity index is 524. The van der Waals surface area contributed by atoms with E-state index in [0.29, 0.717) is 23.7 Å². The zero-order chi connectivity index (χ0) is 17.2. The van der Waals surface area contributed by atoms with Gasteiger partial charge in [0, 0.05) is 23.8 Å². The lowest BCUT2D eigenvalue weighted by molar-refractivity contribution is 0.0958. The van der Waals surface area contributed by atoms with Crippen molar-refractivity contribution in [1.29, 1.82) is 0 Å². The van der Waals surface area contributed by atoms with Crippen molar-refractivity contribution in [2.45, 2.75) is 39.7 Å². The minimum Gasteiger partial charge on any atom is -0.349 e. The molecule has 1 atom stereocenters. The lowest BCUT2D eigenvalue weighted by Crippen LogP contribution is -2.36. The minimum absolute atomic E-state index is 0.126. The normalized spacial score (nSPS) is 11.7. The van der Waals surface area contributed by atoms with Crippen molar-refractivity contribution in [3.05, 3.63) is 42.5 Å². The topological polar surface area (TPSA) is 70.2 Å². The fourth-order valence-electron chi connectivity index (χ4n) is 2.02. The third kappa shape index (κ3) is 7.49. The highest BCUT2D eigenvalue weighted by atomic mass is 16.2. The molecule has 126 valence electrons. The van der Waals surface area contributed by atoms with Gasteiger partial charge in [-0.1, -0.05) is 19.9 Å². The molecule has 0 aliphatic carbocycles. The van der Waals surface area contributed by atoms with E-state index < -0.39 is 0 Å². The van der Waals surface area contributed by atoms with Crippen LogP contribution in [0.2, 0.25) is 0 Å². The number of urea groups is 1. The Morgan fingerprint density at radius 2 is 1.78 bits per heavy atom. The van der Waals surface area contributed by atoms with Crippen LogP contribution in [0.5, 0.6) is 0 Å². The summed E-state index contributed by atoms with van der Waals surface area (Å²) in [7, 11) is 0. The highest BCUT2D eigenvalue weighted by Gasteiger charge is 2.09. The van der Waals surface area contributed by atoms with Gasteiger partial charge < -0.3 is 16.0 Å². The van der Waals surface area contributed by atoms with Crippen molar-refractivity contribution in [2.24, 2.45) is 5.92 Å². The van der Waals surface area contributed by atoms with E-state index in [1.165, 1.54) is 0 Å². The van der Waals surface area contributed by atoms with Gasteiger partial charge >= 0.3 is 6.03 Å². The summed E-state index contributed by atoms with van der Waals surface area (Å²) in [5.74, 6) is 0.463. The van der Waals surface area contributed by atoms with Gasteiger partial charge in [-0.2, -0.15) is 0 Å². The number of hydrogen-bond donors (Lipinski definition) is 3. The van der Waals surface area contributed by atoms with E-state index in [2.05, 4.69) is 36.4 Å². The van der Waals surface area contributed by atoms with Crippen molar-refractivity contribution in [1.82, 2.24) is 10.6 Å². The number of benzene rings is 1. The molecule has 0 aliphatic rings. The number of rotatable bonds is 8. The first-order valence-electron chi connectivity index (χ1n) is 7.99. The van der Waals surface area contributed by atoms with E-state index in [1.54, 1.807) is 30.3 Å². The Hall–Kier alpha value is -2.30. The maximum absolute atomic E-state index is 11.9. The summed E-state index contributed by atoms with van der Waals surface area (Å²) in [6.07, 6.45) is 3.65. The summed E-state index contributed by atoms with van der Waals surface area (Å²) in [6.45, 7) is 10.3. The lowest BCUT2D eigenvalue weighted by atomic mass is 10.0. The zero-order valence-corrected chi connectivity index (χ0v) is 14.2. The average molecular weight is 317 g/mol. The SMILES string of the molecule is C=CCNC(=O)c1ccc(NC(=O)NC(C)CCC(C)C)cc1. The third-order valence-corrected chi connectivity index (χ3v) is 3.37.